The molecule has 0 aromatic heterocycles. The van der Waals surface area contributed by atoms with Gasteiger partial charge in [-0.15, -0.1) is 0 Å². The van der Waals surface area contributed by atoms with Crippen LogP contribution in [0.2, 0.25) is 0 Å². The van der Waals surface area contributed by atoms with Gasteiger partial charge in [-0.2, -0.15) is 5.26 Å². The molecule has 0 bridgehead atoms. The number of hydrogen-bond acceptors (Lipinski definition) is 7. The van der Waals surface area contributed by atoms with E-state index in [2.05, 4.69) is 5.32 Å². The molecule has 0 aliphatic carbocycles. The number of nitrogens with one attached hydrogen (secondary N) is 1. The smallest absolute Gasteiger partial charge is 0.269 e. The van der Waals surface area contributed by atoms with Crippen molar-refractivity contribution in [2.75, 3.05) is 6.61 Å². The molecular formula is C23H19N3O6. The van der Waals surface area contributed by atoms with Crippen LogP contribution in [0, 0.1) is 21.4 Å². The number of benzene rings is 3. The van der Waals surface area contributed by atoms with Gasteiger partial charge in [0, 0.05) is 17.7 Å². The van der Waals surface area contributed by atoms with Gasteiger partial charge in [-0.25, -0.2) is 0 Å². The third-order valence-electron chi connectivity index (χ3n) is 4.66. The zero-order valence-corrected chi connectivity index (χ0v) is 16.7. The van der Waals surface area contributed by atoms with Crippen LogP contribution in [0.15, 0.2) is 72.8 Å². The largest absolute Gasteiger partial charge is 0.457 e. The first kappa shape index (κ1) is 22.4. The van der Waals surface area contributed by atoms with Gasteiger partial charge in [-0.1, -0.05) is 6.07 Å². The van der Waals surface area contributed by atoms with E-state index in [0.29, 0.717) is 22.6 Å². The molecule has 2 atom stereocenters. The van der Waals surface area contributed by atoms with Gasteiger partial charge >= 0.3 is 0 Å². The number of carbonyl (C=O) groups excluding carboxylic acids is 1. The second kappa shape index (κ2) is 10.2. The summed E-state index contributed by atoms with van der Waals surface area (Å²) in [6, 6.07) is 19.0. The second-order valence-corrected chi connectivity index (χ2v) is 6.82. The highest BCUT2D eigenvalue weighted by Crippen LogP contribution is 2.24. The molecule has 3 N–H and O–H groups in total. The number of amides is 1. The molecule has 0 fully saturated rings. The number of non-ortho nitro benzene ring substituents is 1. The van der Waals surface area contributed by atoms with Crippen LogP contribution in [0.3, 0.4) is 0 Å². The lowest BCUT2D eigenvalue weighted by Gasteiger charge is -2.22. The van der Waals surface area contributed by atoms with Crippen LogP contribution < -0.4 is 10.1 Å². The summed E-state index contributed by atoms with van der Waals surface area (Å²) in [6.45, 7) is -0.550. The number of nitro groups is 1. The summed E-state index contributed by atoms with van der Waals surface area (Å²) in [4.78, 5) is 22.9. The first-order valence-corrected chi connectivity index (χ1v) is 9.53. The van der Waals surface area contributed by atoms with Gasteiger partial charge in [0.25, 0.3) is 11.6 Å². The Bertz CT molecular complexity index is 1140. The number of nitrogens with zero attached hydrogens (tertiary/aromatic N) is 2. The van der Waals surface area contributed by atoms with Crippen LogP contribution in [-0.4, -0.2) is 33.7 Å². The fourth-order valence-corrected chi connectivity index (χ4v) is 2.94. The maximum atomic E-state index is 12.7. The first-order chi connectivity index (χ1) is 15.4. The summed E-state index contributed by atoms with van der Waals surface area (Å²) in [7, 11) is 0. The molecule has 0 saturated heterocycles. The average Bonchev–Trinajstić information content (AvgIpc) is 2.82. The summed E-state index contributed by atoms with van der Waals surface area (Å²) in [5.74, 6) is 0.331. The molecule has 1 amide bonds. The van der Waals surface area contributed by atoms with E-state index in [9.17, 15) is 25.1 Å². The van der Waals surface area contributed by atoms with Gasteiger partial charge in [-0.3, -0.25) is 14.9 Å². The van der Waals surface area contributed by atoms with Crippen LogP contribution in [0.1, 0.15) is 27.6 Å². The Morgan fingerprint density at radius 3 is 2.38 bits per heavy atom. The minimum Gasteiger partial charge on any atom is -0.457 e. The third kappa shape index (κ3) is 5.46. The summed E-state index contributed by atoms with van der Waals surface area (Å²) >= 11 is 0. The number of nitriles is 1. The summed E-state index contributed by atoms with van der Waals surface area (Å²) in [6.07, 6.45) is -1.28. The Morgan fingerprint density at radius 1 is 1.09 bits per heavy atom. The monoisotopic (exact) mass is 433 g/mol. The van der Waals surface area contributed by atoms with Crippen molar-refractivity contribution in [1.82, 2.24) is 5.32 Å². The molecule has 9 heteroatoms. The number of ether oxygens (including phenoxy) is 1. The van der Waals surface area contributed by atoms with Crippen LogP contribution in [0.25, 0.3) is 0 Å². The quantitative estimate of drug-likeness (QED) is 0.365. The Hall–Kier alpha value is -4.26. The minimum absolute atomic E-state index is 0.135. The van der Waals surface area contributed by atoms with E-state index in [-0.39, 0.29) is 11.3 Å². The third-order valence-corrected chi connectivity index (χ3v) is 4.66. The Balaban J connectivity index is 1.69. The van der Waals surface area contributed by atoms with Crippen molar-refractivity contribution in [2.45, 2.75) is 12.1 Å². The van der Waals surface area contributed by atoms with E-state index in [1.807, 2.05) is 6.07 Å². The van der Waals surface area contributed by atoms with Crippen molar-refractivity contribution in [3.63, 3.8) is 0 Å². The minimum atomic E-state index is -1.28. The number of rotatable bonds is 8. The topological polar surface area (TPSA) is 146 Å². The second-order valence-electron chi connectivity index (χ2n) is 6.82. The fourth-order valence-electron chi connectivity index (χ4n) is 2.94. The van der Waals surface area contributed by atoms with Crippen molar-refractivity contribution in [1.29, 1.82) is 5.26 Å². The predicted molar refractivity (Wildman–Crippen MR) is 114 cm³/mol. The van der Waals surface area contributed by atoms with Gasteiger partial charge in [0.1, 0.15) is 17.6 Å². The lowest BCUT2D eigenvalue weighted by Crippen LogP contribution is -2.41. The molecule has 2 unspecified atom stereocenters. The van der Waals surface area contributed by atoms with Gasteiger partial charge in [0.05, 0.1) is 29.2 Å². The standard InChI is InChI=1S/C23H19N3O6/c24-13-15-4-10-19(11-5-15)32-20-3-1-2-17(12-20)23(29)25-21(14-27)22(28)16-6-8-18(9-7-16)26(30)31/h1-12,21-22,27-28H,14H2,(H,25,29). The molecule has 0 radical (unpaired) electrons. The van der Waals surface area contributed by atoms with Crippen molar-refractivity contribution in [3.8, 4) is 17.6 Å². The average molecular weight is 433 g/mol. The number of aliphatic hydroxyl groups excluding tert-OH is 2. The molecule has 0 spiro atoms. The number of carbonyl (C=O) groups is 1. The first-order valence-electron chi connectivity index (χ1n) is 9.53. The molecule has 0 saturated carbocycles. The highest BCUT2D eigenvalue weighted by atomic mass is 16.6. The van der Waals surface area contributed by atoms with E-state index < -0.39 is 29.6 Å². The molecule has 0 aliphatic rings. The van der Waals surface area contributed by atoms with Crippen molar-refractivity contribution in [3.05, 3.63) is 99.6 Å². The van der Waals surface area contributed by atoms with Gasteiger partial charge < -0.3 is 20.3 Å². The normalized spacial score (nSPS) is 12.3. The SMILES string of the molecule is N#Cc1ccc(Oc2cccc(C(=O)NC(CO)C(O)c3ccc([N+](=O)[O-])cc3)c2)cc1. The molecule has 0 heterocycles. The summed E-state index contributed by atoms with van der Waals surface area (Å²) in [5, 5.41) is 42.3. The van der Waals surface area contributed by atoms with E-state index >= 15 is 0 Å². The molecule has 3 rings (SSSR count). The number of aliphatic hydroxyl groups is 2. The zero-order valence-electron chi connectivity index (χ0n) is 16.7. The van der Waals surface area contributed by atoms with Gasteiger partial charge in [0.2, 0.25) is 0 Å². The van der Waals surface area contributed by atoms with Gasteiger partial charge in [-0.05, 0) is 60.2 Å². The highest BCUT2D eigenvalue weighted by Gasteiger charge is 2.23. The molecular weight excluding hydrogens is 414 g/mol. The van der Waals surface area contributed by atoms with Gasteiger partial charge in [0.15, 0.2) is 0 Å². The number of hydrogen-bond donors (Lipinski definition) is 3. The molecule has 32 heavy (non-hydrogen) atoms. The van der Waals surface area contributed by atoms with Crippen LogP contribution in [0.4, 0.5) is 5.69 Å². The van der Waals surface area contributed by atoms with Crippen molar-refractivity contribution >= 4 is 11.6 Å². The van der Waals surface area contributed by atoms with E-state index in [1.54, 1.807) is 42.5 Å². The zero-order chi connectivity index (χ0) is 23.1. The predicted octanol–water partition coefficient (Wildman–Crippen LogP) is 3.08. The van der Waals surface area contributed by atoms with E-state index in [4.69, 9.17) is 10.00 Å². The Morgan fingerprint density at radius 2 is 1.78 bits per heavy atom. The number of nitro benzene ring substituents is 1. The van der Waals surface area contributed by atoms with Crippen LogP contribution >= 0.6 is 0 Å². The Kier molecular flexibility index (Phi) is 7.13. The molecule has 9 nitrogen and oxygen atoms in total. The fraction of sp³-hybridized carbons (Fsp3) is 0.130. The molecule has 3 aromatic rings. The summed E-state index contributed by atoms with van der Waals surface area (Å²) < 4.78 is 5.70. The van der Waals surface area contributed by atoms with E-state index in [0.717, 1.165) is 0 Å². The maximum absolute atomic E-state index is 12.7. The van der Waals surface area contributed by atoms with Crippen LogP contribution in [0.5, 0.6) is 11.5 Å². The lowest BCUT2D eigenvalue weighted by molar-refractivity contribution is -0.384. The molecule has 3 aromatic carbocycles. The van der Waals surface area contributed by atoms with Crippen molar-refractivity contribution in [2.24, 2.45) is 0 Å². The van der Waals surface area contributed by atoms with E-state index in [1.165, 1.54) is 30.3 Å². The lowest BCUT2D eigenvalue weighted by atomic mass is 10.0. The maximum Gasteiger partial charge on any atom is 0.269 e. The molecule has 162 valence electrons. The summed E-state index contributed by atoms with van der Waals surface area (Å²) in [5.41, 5.74) is 0.912. The van der Waals surface area contributed by atoms with Crippen LogP contribution in [-0.2, 0) is 0 Å². The Labute approximate surface area is 183 Å². The highest BCUT2D eigenvalue weighted by molar-refractivity contribution is 5.94. The van der Waals surface area contributed by atoms with Crippen molar-refractivity contribution < 1.29 is 24.7 Å². The molecule has 0 aliphatic heterocycles.